The molecule has 1 aromatic heterocycles. The van der Waals surface area contributed by atoms with Crippen LogP contribution in [0, 0.1) is 0 Å². The van der Waals surface area contributed by atoms with E-state index in [0.29, 0.717) is 27.8 Å². The molecule has 1 heterocycles. The number of aryl methyl sites for hydroxylation is 1. The number of rotatable bonds is 14. The smallest absolute Gasteiger partial charge is 0.0915 e. The van der Waals surface area contributed by atoms with Gasteiger partial charge >= 0.3 is 0 Å². The van der Waals surface area contributed by atoms with Crippen molar-refractivity contribution >= 4 is 28.9 Å². The van der Waals surface area contributed by atoms with Crippen LogP contribution in [0.25, 0.3) is 0 Å². The van der Waals surface area contributed by atoms with Crippen LogP contribution in [0.2, 0.25) is 10.0 Å². The van der Waals surface area contributed by atoms with Crippen molar-refractivity contribution in [2.45, 2.75) is 44.6 Å². The van der Waals surface area contributed by atoms with E-state index in [2.05, 4.69) is 10.3 Å². The number of benzene rings is 1. The highest BCUT2D eigenvalue weighted by Crippen LogP contribution is 2.31. The van der Waals surface area contributed by atoms with E-state index in [1.807, 2.05) is 24.4 Å². The highest BCUT2D eigenvalue weighted by molar-refractivity contribution is 6.38. The molecule has 0 amide bonds. The van der Waals surface area contributed by atoms with Gasteiger partial charge in [0.15, 0.2) is 0 Å². The Morgan fingerprint density at radius 2 is 1.76 bits per heavy atom. The number of aliphatic hydroxyl groups is 1. The molecule has 0 saturated heterocycles. The van der Waals surface area contributed by atoms with Crippen molar-refractivity contribution in [1.82, 2.24) is 10.3 Å². The molecule has 160 valence electrons. The molecule has 1 atom stereocenters. The zero-order valence-electron chi connectivity index (χ0n) is 16.7. The number of halogens is 2. The Morgan fingerprint density at radius 3 is 2.48 bits per heavy atom. The van der Waals surface area contributed by atoms with E-state index in [9.17, 15) is 5.11 Å². The first-order valence-corrected chi connectivity index (χ1v) is 10.9. The fraction of sp³-hybridized carbons (Fsp3) is 0.500. The molecule has 2 aromatic rings. The minimum Gasteiger partial charge on any atom is -0.396 e. The topological polar surface area (TPSA) is 80.4 Å². The third-order valence-electron chi connectivity index (χ3n) is 4.66. The van der Waals surface area contributed by atoms with Crippen LogP contribution in [0.3, 0.4) is 0 Å². The highest BCUT2D eigenvalue weighted by atomic mass is 35.5. The number of hydrogen-bond donors (Lipinski definition) is 3. The molecule has 4 N–H and O–H groups in total. The molecule has 2 rings (SSSR count). The van der Waals surface area contributed by atoms with E-state index in [4.69, 9.17) is 33.7 Å². The summed E-state index contributed by atoms with van der Waals surface area (Å²) in [5.41, 5.74) is 7.85. The third-order valence-corrected chi connectivity index (χ3v) is 5.29. The van der Waals surface area contributed by atoms with Crippen molar-refractivity contribution in [2.75, 3.05) is 32.0 Å². The Hall–Kier alpha value is -1.37. The first kappa shape index (κ1) is 23.9. The Balaban J connectivity index is 1.42. The predicted molar refractivity (Wildman–Crippen MR) is 121 cm³/mol. The zero-order chi connectivity index (χ0) is 20.9. The molecule has 0 fully saturated rings. The molecule has 29 heavy (non-hydrogen) atoms. The summed E-state index contributed by atoms with van der Waals surface area (Å²) in [5.74, 6) is 0. The number of nitrogen functional groups attached to an aromatic ring is 1. The van der Waals surface area contributed by atoms with Crippen LogP contribution in [-0.2, 0) is 11.2 Å². The monoisotopic (exact) mass is 439 g/mol. The quantitative estimate of drug-likeness (QED) is 0.290. The highest BCUT2D eigenvalue weighted by Gasteiger charge is 2.11. The second kappa shape index (κ2) is 13.8. The third kappa shape index (κ3) is 9.32. The predicted octanol–water partition coefficient (Wildman–Crippen LogP) is 4.80. The number of anilines is 1. The first-order chi connectivity index (χ1) is 14.1. The summed E-state index contributed by atoms with van der Waals surface area (Å²) in [6.45, 7) is 2.91. The molecule has 1 unspecified atom stereocenters. The number of aromatic nitrogens is 1. The summed E-state index contributed by atoms with van der Waals surface area (Å²) >= 11 is 12.0. The van der Waals surface area contributed by atoms with Gasteiger partial charge in [0.05, 0.1) is 21.8 Å². The van der Waals surface area contributed by atoms with E-state index in [1.54, 1.807) is 12.1 Å². The van der Waals surface area contributed by atoms with E-state index in [0.717, 1.165) is 64.0 Å². The second-order valence-corrected chi connectivity index (χ2v) is 7.88. The lowest BCUT2D eigenvalue weighted by Gasteiger charge is -2.14. The Bertz CT molecular complexity index is 693. The average molecular weight is 440 g/mol. The largest absolute Gasteiger partial charge is 0.396 e. The Labute approximate surface area is 183 Å². The van der Waals surface area contributed by atoms with Gasteiger partial charge in [-0.15, -0.1) is 0 Å². The Morgan fingerprint density at radius 1 is 1.03 bits per heavy atom. The van der Waals surface area contributed by atoms with Gasteiger partial charge in [-0.3, -0.25) is 4.98 Å². The van der Waals surface area contributed by atoms with Crippen LogP contribution < -0.4 is 11.1 Å². The summed E-state index contributed by atoms with van der Waals surface area (Å²) in [7, 11) is 0. The molecule has 5 nitrogen and oxygen atoms in total. The molecule has 1 aromatic carbocycles. The van der Waals surface area contributed by atoms with Crippen molar-refractivity contribution in [3.63, 3.8) is 0 Å². The molecule has 7 heteroatoms. The molecule has 0 bridgehead atoms. The molecular weight excluding hydrogens is 409 g/mol. The number of unbranched alkanes of at least 4 members (excludes halogenated alkanes) is 3. The summed E-state index contributed by atoms with van der Waals surface area (Å²) in [4.78, 5) is 4.31. The lowest BCUT2D eigenvalue weighted by atomic mass is 10.1. The summed E-state index contributed by atoms with van der Waals surface area (Å²) in [6, 6.07) is 9.31. The molecule has 0 saturated carbocycles. The first-order valence-electron chi connectivity index (χ1n) is 10.2. The van der Waals surface area contributed by atoms with Crippen LogP contribution in [0.1, 0.15) is 49.5 Å². The summed E-state index contributed by atoms with van der Waals surface area (Å²) in [6.07, 6.45) is 7.57. The van der Waals surface area contributed by atoms with E-state index < -0.39 is 6.10 Å². The van der Waals surface area contributed by atoms with Gasteiger partial charge < -0.3 is 20.9 Å². The van der Waals surface area contributed by atoms with Crippen molar-refractivity contribution in [3.8, 4) is 0 Å². The minimum absolute atomic E-state index is 0.342. The number of nitrogens with one attached hydrogen (secondary N) is 1. The van der Waals surface area contributed by atoms with Crippen molar-refractivity contribution in [3.05, 3.63) is 57.8 Å². The van der Waals surface area contributed by atoms with Crippen molar-refractivity contribution in [2.24, 2.45) is 0 Å². The maximum Gasteiger partial charge on any atom is 0.0915 e. The number of aliphatic hydroxyl groups excluding tert-OH is 1. The lowest BCUT2D eigenvalue weighted by molar-refractivity contribution is 0.127. The van der Waals surface area contributed by atoms with Gasteiger partial charge in [-0.25, -0.2) is 0 Å². The van der Waals surface area contributed by atoms with Crippen LogP contribution >= 0.6 is 23.2 Å². The SMILES string of the molecule is Nc1c(Cl)cc(C(O)CNCCCCCCOCCCc2ccccn2)cc1Cl. The normalized spacial score (nSPS) is 12.2. The second-order valence-electron chi connectivity index (χ2n) is 7.07. The number of nitrogens with two attached hydrogens (primary N) is 1. The molecule has 0 aliphatic carbocycles. The number of pyridine rings is 1. The molecule has 0 radical (unpaired) electrons. The van der Waals surface area contributed by atoms with Crippen molar-refractivity contribution in [1.29, 1.82) is 0 Å². The van der Waals surface area contributed by atoms with Gasteiger partial charge in [-0.1, -0.05) is 42.1 Å². The summed E-state index contributed by atoms with van der Waals surface area (Å²) in [5, 5.41) is 14.2. The van der Waals surface area contributed by atoms with Crippen molar-refractivity contribution < 1.29 is 9.84 Å². The van der Waals surface area contributed by atoms with E-state index >= 15 is 0 Å². The maximum absolute atomic E-state index is 10.2. The van der Waals surface area contributed by atoms with Gasteiger partial charge in [-0.05, 0) is 62.1 Å². The zero-order valence-corrected chi connectivity index (χ0v) is 18.3. The van der Waals surface area contributed by atoms with Gasteiger partial charge in [0.1, 0.15) is 0 Å². The Kier molecular flexibility index (Phi) is 11.4. The van der Waals surface area contributed by atoms with Gasteiger partial charge in [0.2, 0.25) is 0 Å². The molecule has 0 spiro atoms. The summed E-state index contributed by atoms with van der Waals surface area (Å²) < 4.78 is 5.68. The number of hydrogen-bond acceptors (Lipinski definition) is 5. The van der Waals surface area contributed by atoms with Crippen LogP contribution in [0.5, 0.6) is 0 Å². The fourth-order valence-electron chi connectivity index (χ4n) is 2.96. The fourth-order valence-corrected chi connectivity index (χ4v) is 3.47. The minimum atomic E-state index is -0.662. The number of nitrogens with zero attached hydrogens (tertiary/aromatic N) is 1. The maximum atomic E-state index is 10.2. The standard InChI is InChI=1S/C22H31Cl2N3O2/c23-19-14-17(15-20(24)22(19)25)21(28)16-26-10-4-1-2-6-12-29-13-7-9-18-8-3-5-11-27-18/h3,5,8,11,14-15,21,26,28H,1-2,4,6-7,9-10,12-13,16,25H2. The molecular formula is C22H31Cl2N3O2. The average Bonchev–Trinajstić information content (AvgIpc) is 2.73. The van der Waals surface area contributed by atoms with Crippen LogP contribution in [0.4, 0.5) is 5.69 Å². The van der Waals surface area contributed by atoms with E-state index in [-0.39, 0.29) is 0 Å². The van der Waals surface area contributed by atoms with Gasteiger partial charge in [0, 0.05) is 31.6 Å². The molecule has 0 aliphatic heterocycles. The van der Waals surface area contributed by atoms with Crippen LogP contribution in [-0.4, -0.2) is 36.4 Å². The van der Waals surface area contributed by atoms with Gasteiger partial charge in [0.25, 0.3) is 0 Å². The van der Waals surface area contributed by atoms with Crippen LogP contribution in [0.15, 0.2) is 36.5 Å². The van der Waals surface area contributed by atoms with E-state index in [1.165, 1.54) is 0 Å². The number of ether oxygens (including phenoxy) is 1. The lowest BCUT2D eigenvalue weighted by Crippen LogP contribution is -2.22. The molecule has 0 aliphatic rings. The van der Waals surface area contributed by atoms with Gasteiger partial charge in [-0.2, -0.15) is 0 Å².